The Balaban J connectivity index is 2.22. The highest BCUT2D eigenvalue weighted by Gasteiger charge is 2.26. The molecular formula is C16H29F2N3. The van der Waals surface area contributed by atoms with Gasteiger partial charge in [-0.15, -0.1) is 0 Å². The van der Waals surface area contributed by atoms with Crippen LogP contribution in [0.2, 0.25) is 0 Å². The van der Waals surface area contributed by atoms with Crippen LogP contribution in [0.1, 0.15) is 33.6 Å². The van der Waals surface area contributed by atoms with Gasteiger partial charge in [0.05, 0.1) is 6.04 Å². The van der Waals surface area contributed by atoms with Gasteiger partial charge in [-0.3, -0.25) is 0 Å². The maximum absolute atomic E-state index is 12.9. The second-order valence-corrected chi connectivity index (χ2v) is 5.78. The molecule has 1 rings (SSSR count). The zero-order chi connectivity index (χ0) is 15.8. The van der Waals surface area contributed by atoms with E-state index in [1.807, 2.05) is 13.0 Å². The van der Waals surface area contributed by atoms with Gasteiger partial charge in [-0.2, -0.15) is 0 Å². The summed E-state index contributed by atoms with van der Waals surface area (Å²) in [6, 6.07) is -0.121. The van der Waals surface area contributed by atoms with Gasteiger partial charge in [-0.05, 0) is 19.5 Å². The minimum absolute atomic E-state index is 0.514. The Kier molecular flexibility index (Phi) is 7.72. The van der Waals surface area contributed by atoms with Gasteiger partial charge in [-0.1, -0.05) is 32.4 Å². The van der Waals surface area contributed by atoms with Gasteiger partial charge in [0.2, 0.25) is 0 Å². The smallest absolute Gasteiger partial charge is 0.258 e. The lowest BCUT2D eigenvalue weighted by Gasteiger charge is -2.37. The first kappa shape index (κ1) is 18.0. The Bertz CT molecular complexity index is 355. The third-order valence-corrected chi connectivity index (χ3v) is 4.10. The highest BCUT2D eigenvalue weighted by atomic mass is 19.3. The minimum atomic E-state index is -2.30. The third kappa shape index (κ3) is 5.65. The number of nitrogens with zero attached hydrogens (tertiary/aromatic N) is 1. The maximum atomic E-state index is 12.9. The van der Waals surface area contributed by atoms with Crippen molar-refractivity contribution in [1.29, 1.82) is 0 Å². The van der Waals surface area contributed by atoms with Crippen molar-refractivity contribution in [3.63, 3.8) is 0 Å². The molecule has 1 fully saturated rings. The van der Waals surface area contributed by atoms with Crippen molar-refractivity contribution in [2.45, 2.75) is 52.1 Å². The zero-order valence-corrected chi connectivity index (χ0v) is 13.6. The Morgan fingerprint density at radius 3 is 2.57 bits per heavy atom. The normalized spacial score (nSPS) is 25.2. The molecule has 0 aromatic carbocycles. The summed E-state index contributed by atoms with van der Waals surface area (Å²) in [7, 11) is 1.71. The molecule has 3 atom stereocenters. The number of rotatable bonds is 9. The van der Waals surface area contributed by atoms with Crippen LogP contribution in [0.3, 0.4) is 0 Å². The molecule has 1 aliphatic heterocycles. The molecule has 1 saturated heterocycles. The number of hydrogen-bond acceptors (Lipinski definition) is 3. The van der Waals surface area contributed by atoms with Gasteiger partial charge in [0.15, 0.2) is 0 Å². The van der Waals surface area contributed by atoms with Crippen LogP contribution in [0.25, 0.3) is 0 Å². The third-order valence-electron chi connectivity index (χ3n) is 4.10. The van der Waals surface area contributed by atoms with E-state index in [-0.39, 0.29) is 0 Å². The molecular weight excluding hydrogens is 272 g/mol. The summed E-state index contributed by atoms with van der Waals surface area (Å²) in [5.41, 5.74) is 1.29. The number of halogens is 2. The quantitative estimate of drug-likeness (QED) is 0.641. The van der Waals surface area contributed by atoms with E-state index >= 15 is 0 Å². The first-order valence-corrected chi connectivity index (χ1v) is 7.81. The Morgan fingerprint density at radius 1 is 1.33 bits per heavy atom. The second-order valence-electron chi connectivity index (χ2n) is 5.78. The molecule has 1 heterocycles. The molecule has 0 saturated carbocycles. The lowest BCUT2D eigenvalue weighted by molar-refractivity contribution is 0.0528. The molecule has 0 aliphatic carbocycles. The highest BCUT2D eigenvalue weighted by molar-refractivity contribution is 5.16. The van der Waals surface area contributed by atoms with Crippen LogP contribution >= 0.6 is 0 Å². The molecule has 21 heavy (non-hydrogen) atoms. The summed E-state index contributed by atoms with van der Waals surface area (Å²) in [6.07, 6.45) is 4.78. The van der Waals surface area contributed by atoms with Crippen molar-refractivity contribution in [3.8, 4) is 0 Å². The van der Waals surface area contributed by atoms with Gasteiger partial charge in [0.25, 0.3) is 6.43 Å². The molecule has 0 amide bonds. The van der Waals surface area contributed by atoms with Crippen molar-refractivity contribution in [3.05, 3.63) is 24.0 Å². The summed E-state index contributed by atoms with van der Waals surface area (Å²) >= 11 is 0. The molecule has 0 aromatic rings. The molecule has 5 heteroatoms. The Morgan fingerprint density at radius 2 is 2.05 bits per heavy atom. The van der Waals surface area contributed by atoms with Gasteiger partial charge in [-0.25, -0.2) is 8.78 Å². The van der Waals surface area contributed by atoms with Crippen molar-refractivity contribution in [2.75, 3.05) is 20.1 Å². The van der Waals surface area contributed by atoms with Crippen LogP contribution in [0.15, 0.2) is 24.0 Å². The average Bonchev–Trinajstić information content (AvgIpc) is 2.45. The zero-order valence-electron chi connectivity index (χ0n) is 13.6. The minimum Gasteiger partial charge on any atom is -0.385 e. The van der Waals surface area contributed by atoms with E-state index in [0.717, 1.165) is 13.0 Å². The first-order valence-electron chi connectivity index (χ1n) is 7.81. The predicted molar refractivity (Wildman–Crippen MR) is 84.3 cm³/mol. The molecule has 0 bridgehead atoms. The summed E-state index contributed by atoms with van der Waals surface area (Å²) in [4.78, 5) is 1.62. The molecule has 0 spiro atoms. The topological polar surface area (TPSA) is 27.3 Å². The summed E-state index contributed by atoms with van der Waals surface area (Å²) in [6.45, 7) is 7.78. The van der Waals surface area contributed by atoms with Crippen molar-refractivity contribution >= 4 is 0 Å². The van der Waals surface area contributed by atoms with Gasteiger partial charge in [0, 0.05) is 37.8 Å². The number of nitrogens with one attached hydrogen (secondary N) is 2. The van der Waals surface area contributed by atoms with E-state index in [1.54, 1.807) is 18.1 Å². The van der Waals surface area contributed by atoms with Crippen molar-refractivity contribution in [2.24, 2.45) is 5.92 Å². The molecule has 3 unspecified atom stereocenters. The van der Waals surface area contributed by atoms with Crippen molar-refractivity contribution < 1.29 is 8.78 Å². The Hall–Kier alpha value is -1.10. The molecule has 2 N–H and O–H groups in total. The fourth-order valence-electron chi connectivity index (χ4n) is 2.42. The van der Waals surface area contributed by atoms with Gasteiger partial charge >= 0.3 is 0 Å². The maximum Gasteiger partial charge on any atom is 0.258 e. The van der Waals surface area contributed by atoms with Crippen molar-refractivity contribution in [1.82, 2.24) is 15.5 Å². The average molecular weight is 301 g/mol. The lowest BCUT2D eigenvalue weighted by Crippen LogP contribution is -2.47. The monoisotopic (exact) mass is 301 g/mol. The molecule has 0 aromatic heterocycles. The first-order chi connectivity index (χ1) is 9.97. The van der Waals surface area contributed by atoms with Crippen LogP contribution in [0.4, 0.5) is 8.78 Å². The van der Waals surface area contributed by atoms with E-state index in [0.29, 0.717) is 24.9 Å². The largest absolute Gasteiger partial charge is 0.385 e. The molecule has 0 radical (unpaired) electrons. The second kappa shape index (κ2) is 9.03. The lowest BCUT2D eigenvalue weighted by atomic mass is 9.90. The Labute approximate surface area is 127 Å². The molecule has 1 aliphatic rings. The summed E-state index contributed by atoms with van der Waals surface area (Å²) in [5, 5.41) is 6.61. The van der Waals surface area contributed by atoms with Crippen LogP contribution in [-0.4, -0.2) is 43.5 Å². The molecule has 3 nitrogen and oxygen atoms in total. The fourth-order valence-corrected chi connectivity index (χ4v) is 2.42. The summed E-state index contributed by atoms with van der Waals surface area (Å²) in [5.74, 6) is 0.606. The van der Waals surface area contributed by atoms with E-state index in [4.69, 9.17) is 0 Å². The molecule has 122 valence electrons. The SMILES string of the molecule is CCCC(C(F)F)N(C)/C=C\CNC/C=C1/NC(C)C1C. The van der Waals surface area contributed by atoms with E-state index in [9.17, 15) is 8.78 Å². The van der Waals surface area contributed by atoms with Crippen LogP contribution in [-0.2, 0) is 0 Å². The standard InChI is InChI=1S/C16H29F2N3/c1-5-7-15(16(17)18)21(4)11-6-9-19-10-8-14-12(2)13(3)20-14/h6,8,11-13,15-16,19-20H,5,7,9-10H2,1-4H3/b11-6-,14-8+. The van der Waals surface area contributed by atoms with Crippen LogP contribution in [0, 0.1) is 5.92 Å². The number of hydrogen-bond donors (Lipinski definition) is 2. The van der Waals surface area contributed by atoms with Gasteiger partial charge in [0.1, 0.15) is 0 Å². The van der Waals surface area contributed by atoms with E-state index < -0.39 is 12.5 Å². The highest BCUT2D eigenvalue weighted by Crippen LogP contribution is 2.22. The summed E-state index contributed by atoms with van der Waals surface area (Å²) < 4.78 is 25.7. The predicted octanol–water partition coefficient (Wildman–Crippen LogP) is 2.97. The van der Waals surface area contributed by atoms with E-state index in [2.05, 4.69) is 30.6 Å². The van der Waals surface area contributed by atoms with Crippen LogP contribution in [0.5, 0.6) is 0 Å². The fraction of sp³-hybridized carbons (Fsp3) is 0.750. The van der Waals surface area contributed by atoms with Crippen LogP contribution < -0.4 is 10.6 Å². The number of alkyl halides is 2. The van der Waals surface area contributed by atoms with E-state index in [1.165, 1.54) is 5.70 Å². The van der Waals surface area contributed by atoms with Gasteiger partial charge < -0.3 is 15.5 Å².